The van der Waals surface area contributed by atoms with Crippen LogP contribution in [0.2, 0.25) is 19.6 Å². The standard InChI is InChI=1S/C11H18O6Si/c1-15-9(12)5-6-10(13)16-8-7-11(14)17-18(2,3)4/h5-6H,7-8H2,1-4H3/b6-5-. The van der Waals surface area contributed by atoms with Crippen molar-refractivity contribution >= 4 is 26.2 Å². The van der Waals surface area contributed by atoms with Gasteiger partial charge >= 0.3 is 11.9 Å². The number of carbonyl (C=O) groups is 3. The van der Waals surface area contributed by atoms with Crippen LogP contribution >= 0.6 is 0 Å². The van der Waals surface area contributed by atoms with Gasteiger partial charge in [-0.3, -0.25) is 4.79 Å². The second kappa shape index (κ2) is 7.65. The Morgan fingerprint density at radius 3 is 2.11 bits per heavy atom. The summed E-state index contributed by atoms with van der Waals surface area (Å²) in [5.41, 5.74) is 0. The highest BCUT2D eigenvalue weighted by molar-refractivity contribution is 6.71. The fourth-order valence-corrected chi connectivity index (χ4v) is 1.66. The molecule has 7 heteroatoms. The number of ether oxygens (including phenoxy) is 2. The highest BCUT2D eigenvalue weighted by Crippen LogP contribution is 2.04. The molecule has 0 saturated carbocycles. The first-order chi connectivity index (χ1) is 8.24. The van der Waals surface area contributed by atoms with Crippen LogP contribution in [0.4, 0.5) is 0 Å². The molecule has 0 aromatic carbocycles. The molecule has 0 atom stereocenters. The van der Waals surface area contributed by atoms with Gasteiger partial charge in [0.1, 0.15) is 6.61 Å². The van der Waals surface area contributed by atoms with E-state index in [2.05, 4.69) is 4.74 Å². The predicted molar refractivity (Wildman–Crippen MR) is 66.2 cm³/mol. The molecule has 0 aliphatic carbocycles. The summed E-state index contributed by atoms with van der Waals surface area (Å²) >= 11 is 0. The van der Waals surface area contributed by atoms with Crippen LogP contribution in [0.25, 0.3) is 0 Å². The zero-order chi connectivity index (χ0) is 14.2. The maximum absolute atomic E-state index is 11.3. The molecule has 0 radical (unpaired) electrons. The Labute approximate surface area is 107 Å². The Bertz CT molecular complexity index is 342. The van der Waals surface area contributed by atoms with Gasteiger partial charge in [0.15, 0.2) is 0 Å². The molecule has 0 fully saturated rings. The zero-order valence-electron chi connectivity index (χ0n) is 11.0. The minimum absolute atomic E-state index is 0.00206. The van der Waals surface area contributed by atoms with Crippen LogP contribution in [0.1, 0.15) is 6.42 Å². The molecule has 0 aliphatic heterocycles. The van der Waals surface area contributed by atoms with Crippen molar-refractivity contribution < 1.29 is 28.3 Å². The largest absolute Gasteiger partial charge is 0.520 e. The maximum Gasteiger partial charge on any atom is 0.331 e. The van der Waals surface area contributed by atoms with Gasteiger partial charge in [0.05, 0.1) is 13.5 Å². The third-order valence-corrected chi connectivity index (χ3v) is 2.37. The molecule has 0 spiro atoms. The molecule has 0 aliphatic rings. The molecule has 0 unspecified atom stereocenters. The first kappa shape index (κ1) is 16.4. The van der Waals surface area contributed by atoms with Crippen molar-refractivity contribution in [3.8, 4) is 0 Å². The van der Waals surface area contributed by atoms with Crippen LogP contribution in [0.3, 0.4) is 0 Å². The van der Waals surface area contributed by atoms with Crippen LogP contribution < -0.4 is 0 Å². The summed E-state index contributed by atoms with van der Waals surface area (Å²) in [6.45, 7) is 5.58. The van der Waals surface area contributed by atoms with E-state index in [0.717, 1.165) is 12.2 Å². The van der Waals surface area contributed by atoms with Gasteiger partial charge in [-0.15, -0.1) is 0 Å². The third kappa shape index (κ3) is 9.58. The van der Waals surface area contributed by atoms with Gasteiger partial charge in [-0.25, -0.2) is 9.59 Å². The average molecular weight is 274 g/mol. The van der Waals surface area contributed by atoms with Gasteiger partial charge in [0.2, 0.25) is 8.32 Å². The Balaban J connectivity index is 3.85. The Morgan fingerprint density at radius 1 is 1.06 bits per heavy atom. The summed E-state index contributed by atoms with van der Waals surface area (Å²) in [6, 6.07) is 0. The Kier molecular flexibility index (Phi) is 6.95. The van der Waals surface area contributed by atoms with E-state index in [0.29, 0.717) is 0 Å². The first-order valence-corrected chi connectivity index (χ1v) is 8.80. The summed E-state index contributed by atoms with van der Waals surface area (Å²) in [7, 11) is -0.699. The van der Waals surface area contributed by atoms with E-state index < -0.39 is 20.3 Å². The lowest BCUT2D eigenvalue weighted by Gasteiger charge is -2.16. The summed E-state index contributed by atoms with van der Waals surface area (Å²) in [5, 5.41) is 0. The predicted octanol–water partition coefficient (Wildman–Crippen LogP) is 1.03. The lowest BCUT2D eigenvalue weighted by molar-refractivity contribution is -0.142. The van der Waals surface area contributed by atoms with Gasteiger partial charge in [0, 0.05) is 12.2 Å². The molecule has 0 saturated heterocycles. The molecule has 0 heterocycles. The number of rotatable bonds is 6. The molecule has 0 aromatic rings. The number of esters is 2. The topological polar surface area (TPSA) is 78.9 Å². The van der Waals surface area contributed by atoms with Crippen molar-refractivity contribution in [3.63, 3.8) is 0 Å². The van der Waals surface area contributed by atoms with E-state index in [1.165, 1.54) is 7.11 Å². The minimum Gasteiger partial charge on any atom is -0.520 e. The molecule has 0 N–H and O–H groups in total. The van der Waals surface area contributed by atoms with Gasteiger partial charge in [-0.1, -0.05) is 0 Å². The summed E-state index contributed by atoms with van der Waals surface area (Å²) in [4.78, 5) is 33.0. The van der Waals surface area contributed by atoms with Crippen molar-refractivity contribution in [1.29, 1.82) is 0 Å². The normalized spacial score (nSPS) is 11.1. The molecule has 0 aromatic heterocycles. The number of carbonyl (C=O) groups excluding carboxylic acids is 3. The highest BCUT2D eigenvalue weighted by atomic mass is 28.4. The fourth-order valence-electron chi connectivity index (χ4n) is 0.880. The molecule has 18 heavy (non-hydrogen) atoms. The second-order valence-electron chi connectivity index (χ2n) is 4.36. The molecule has 0 rings (SSSR count). The minimum atomic E-state index is -1.90. The van der Waals surface area contributed by atoms with Crippen molar-refractivity contribution in [3.05, 3.63) is 12.2 Å². The quantitative estimate of drug-likeness (QED) is 0.409. The Morgan fingerprint density at radius 2 is 1.61 bits per heavy atom. The first-order valence-electron chi connectivity index (χ1n) is 5.39. The third-order valence-electron chi connectivity index (χ3n) is 1.53. The van der Waals surface area contributed by atoms with Crippen molar-refractivity contribution in [2.45, 2.75) is 26.1 Å². The van der Waals surface area contributed by atoms with E-state index in [4.69, 9.17) is 9.16 Å². The molecule has 0 bridgehead atoms. The van der Waals surface area contributed by atoms with E-state index in [1.54, 1.807) is 0 Å². The van der Waals surface area contributed by atoms with Gasteiger partial charge in [0.25, 0.3) is 5.97 Å². The number of methoxy groups -OCH3 is 1. The lowest BCUT2D eigenvalue weighted by Crippen LogP contribution is -2.29. The average Bonchev–Trinajstić information content (AvgIpc) is 2.23. The summed E-state index contributed by atoms with van der Waals surface area (Å²) in [5.74, 6) is -1.75. The van der Waals surface area contributed by atoms with E-state index in [-0.39, 0.29) is 19.0 Å². The van der Waals surface area contributed by atoms with Crippen LogP contribution in [0.5, 0.6) is 0 Å². The zero-order valence-corrected chi connectivity index (χ0v) is 12.0. The van der Waals surface area contributed by atoms with Crippen LogP contribution in [0.15, 0.2) is 12.2 Å². The summed E-state index contributed by atoms with van der Waals surface area (Å²) < 4.78 is 14.1. The smallest absolute Gasteiger partial charge is 0.331 e. The van der Waals surface area contributed by atoms with E-state index in [9.17, 15) is 14.4 Å². The van der Waals surface area contributed by atoms with Gasteiger partial charge in [-0.2, -0.15) is 0 Å². The van der Waals surface area contributed by atoms with Crippen LogP contribution in [0, 0.1) is 0 Å². The highest BCUT2D eigenvalue weighted by Gasteiger charge is 2.19. The van der Waals surface area contributed by atoms with Crippen LogP contribution in [-0.4, -0.2) is 39.9 Å². The lowest BCUT2D eigenvalue weighted by atomic mass is 10.4. The molecule has 102 valence electrons. The van der Waals surface area contributed by atoms with E-state index >= 15 is 0 Å². The van der Waals surface area contributed by atoms with Gasteiger partial charge < -0.3 is 13.9 Å². The molecule has 6 nitrogen and oxygen atoms in total. The SMILES string of the molecule is COC(=O)/C=C\C(=O)OCCC(=O)O[Si](C)(C)C. The maximum atomic E-state index is 11.3. The van der Waals surface area contributed by atoms with Crippen molar-refractivity contribution in [1.82, 2.24) is 0 Å². The monoisotopic (exact) mass is 274 g/mol. The van der Waals surface area contributed by atoms with E-state index in [1.807, 2.05) is 19.6 Å². The fraction of sp³-hybridized carbons (Fsp3) is 0.545. The Hall–Kier alpha value is -1.63. The molecular formula is C11H18O6Si. The summed E-state index contributed by atoms with van der Waals surface area (Å²) in [6.07, 6.45) is 1.89. The number of hydrogen-bond donors (Lipinski definition) is 0. The molecular weight excluding hydrogens is 256 g/mol. The van der Waals surface area contributed by atoms with Crippen molar-refractivity contribution in [2.75, 3.05) is 13.7 Å². The molecule has 0 amide bonds. The van der Waals surface area contributed by atoms with Crippen molar-refractivity contribution in [2.24, 2.45) is 0 Å². The van der Waals surface area contributed by atoms with Crippen LogP contribution in [-0.2, 0) is 28.3 Å². The van der Waals surface area contributed by atoms with Gasteiger partial charge in [-0.05, 0) is 19.6 Å². The second-order valence-corrected chi connectivity index (χ2v) is 8.79. The number of hydrogen-bond acceptors (Lipinski definition) is 6.